The molecule has 1 N–H and O–H groups in total. The molecule has 1 saturated heterocycles. The summed E-state index contributed by atoms with van der Waals surface area (Å²) in [7, 11) is -1.32. The number of amides is 2. The van der Waals surface area contributed by atoms with Crippen molar-refractivity contribution >= 4 is 30.8 Å². The molecule has 2 heterocycles. The Hall–Kier alpha value is -2.41. The van der Waals surface area contributed by atoms with Crippen molar-refractivity contribution in [2.24, 2.45) is 0 Å². The van der Waals surface area contributed by atoms with E-state index in [1.165, 1.54) is 5.19 Å². The molecule has 144 valence electrons. The van der Waals surface area contributed by atoms with E-state index in [1.54, 1.807) is 12.4 Å². The summed E-state index contributed by atoms with van der Waals surface area (Å²) < 4.78 is 0. The molecule has 1 aliphatic heterocycles. The van der Waals surface area contributed by atoms with Crippen LogP contribution in [0.4, 0.5) is 16.3 Å². The first-order valence-corrected chi connectivity index (χ1v) is 13.0. The van der Waals surface area contributed by atoms with Gasteiger partial charge in [-0.15, -0.1) is 0 Å². The second-order valence-electron chi connectivity index (χ2n) is 8.21. The summed E-state index contributed by atoms with van der Waals surface area (Å²) in [5.41, 5.74) is 1.77. The van der Waals surface area contributed by atoms with Gasteiger partial charge in [0.15, 0.2) is 0 Å². The average Bonchev–Trinajstić information content (AvgIpc) is 2.61. The number of hydrogen-bond donors (Lipinski definition) is 1. The van der Waals surface area contributed by atoms with Crippen molar-refractivity contribution in [2.75, 3.05) is 29.9 Å². The number of nitrogens with one attached hydrogen (secondary N) is 1. The Kier molecular flexibility index (Phi) is 5.50. The minimum Gasteiger partial charge on any atom is -0.351 e. The monoisotopic (exact) mass is 383 g/mol. The lowest BCUT2D eigenvalue weighted by Crippen LogP contribution is -2.55. The quantitative estimate of drug-likeness (QED) is 0.828. The van der Waals surface area contributed by atoms with Crippen molar-refractivity contribution in [3.8, 4) is 0 Å². The zero-order chi connectivity index (χ0) is 19.6. The Morgan fingerprint density at radius 2 is 1.78 bits per heavy atom. The maximum Gasteiger partial charge on any atom is 0.322 e. The van der Waals surface area contributed by atoms with Gasteiger partial charge in [0.25, 0.3) is 0 Å². The van der Waals surface area contributed by atoms with Gasteiger partial charge in [-0.05, 0) is 26.0 Å². The molecule has 0 spiro atoms. The number of urea groups is 1. The lowest BCUT2D eigenvalue weighted by atomic mass is 10.2. The number of aromatic nitrogens is 2. The Morgan fingerprint density at radius 3 is 2.37 bits per heavy atom. The number of piperazine rings is 1. The summed E-state index contributed by atoms with van der Waals surface area (Å²) in [6.07, 6.45) is 3.43. The van der Waals surface area contributed by atoms with Gasteiger partial charge in [0, 0.05) is 43.8 Å². The Morgan fingerprint density at radius 1 is 1.11 bits per heavy atom. The fraction of sp³-hybridized carbons (Fsp3) is 0.450. The van der Waals surface area contributed by atoms with Crippen LogP contribution in [0.3, 0.4) is 0 Å². The van der Waals surface area contributed by atoms with E-state index in [4.69, 9.17) is 0 Å². The molecule has 6 nitrogen and oxygen atoms in total. The molecular formula is C20H29N5OSi. The predicted octanol–water partition coefficient (Wildman–Crippen LogP) is 3.07. The maximum absolute atomic E-state index is 12.7. The van der Waals surface area contributed by atoms with Crippen molar-refractivity contribution < 1.29 is 4.79 Å². The second kappa shape index (κ2) is 7.68. The van der Waals surface area contributed by atoms with E-state index in [0.717, 1.165) is 30.3 Å². The highest BCUT2D eigenvalue weighted by Crippen LogP contribution is 2.20. The number of aryl methyl sites for hydroxylation is 1. The zero-order valence-corrected chi connectivity index (χ0v) is 17.9. The fourth-order valence-electron chi connectivity index (χ4n) is 3.41. The third-order valence-electron chi connectivity index (χ3n) is 5.05. The largest absolute Gasteiger partial charge is 0.351 e. The highest BCUT2D eigenvalue weighted by Gasteiger charge is 2.29. The normalized spacial score (nSPS) is 17.7. The highest BCUT2D eigenvalue weighted by atomic mass is 28.3. The number of benzene rings is 1. The van der Waals surface area contributed by atoms with E-state index in [2.05, 4.69) is 58.9 Å². The van der Waals surface area contributed by atoms with Crippen molar-refractivity contribution in [3.05, 3.63) is 42.4 Å². The summed E-state index contributed by atoms with van der Waals surface area (Å²) in [6.45, 7) is 13.2. The lowest BCUT2D eigenvalue weighted by Gasteiger charge is -2.40. The van der Waals surface area contributed by atoms with E-state index in [0.29, 0.717) is 6.54 Å². The summed E-state index contributed by atoms with van der Waals surface area (Å²) in [5.74, 6) is 0.909. The first-order chi connectivity index (χ1) is 12.8. The summed E-state index contributed by atoms with van der Waals surface area (Å²) in [4.78, 5) is 25.6. The molecule has 0 unspecified atom stereocenters. The molecule has 1 aliphatic rings. The van der Waals surface area contributed by atoms with Crippen LogP contribution in [0.2, 0.25) is 19.6 Å². The molecule has 1 fully saturated rings. The molecular weight excluding hydrogens is 354 g/mol. The van der Waals surface area contributed by atoms with Gasteiger partial charge in [-0.3, -0.25) is 4.98 Å². The molecule has 2 aromatic rings. The topological polar surface area (TPSA) is 61.4 Å². The number of carbonyl (C=O) groups excluding carboxylic acids is 1. The SMILES string of the molecule is Cc1nccnc1N1CCN(C(=O)Nc2ccc([Si](C)(C)C)cc2)[C@H](C)C1. The first-order valence-electron chi connectivity index (χ1n) is 9.46. The summed E-state index contributed by atoms with van der Waals surface area (Å²) in [5, 5.41) is 4.43. The number of carbonyl (C=O) groups is 1. The van der Waals surface area contributed by atoms with Gasteiger partial charge in [-0.1, -0.05) is 37.0 Å². The molecule has 0 radical (unpaired) electrons. The molecule has 7 heteroatoms. The van der Waals surface area contributed by atoms with Crippen molar-refractivity contribution in [1.29, 1.82) is 0 Å². The van der Waals surface area contributed by atoms with Gasteiger partial charge in [-0.25, -0.2) is 9.78 Å². The van der Waals surface area contributed by atoms with Gasteiger partial charge in [-0.2, -0.15) is 0 Å². The smallest absolute Gasteiger partial charge is 0.322 e. The van der Waals surface area contributed by atoms with Crippen LogP contribution in [-0.2, 0) is 0 Å². The molecule has 1 aromatic heterocycles. The van der Waals surface area contributed by atoms with E-state index >= 15 is 0 Å². The number of anilines is 2. The van der Waals surface area contributed by atoms with Crippen LogP contribution in [0, 0.1) is 6.92 Å². The van der Waals surface area contributed by atoms with Crippen LogP contribution in [-0.4, -0.2) is 54.6 Å². The highest BCUT2D eigenvalue weighted by molar-refractivity contribution is 6.88. The fourth-order valence-corrected chi connectivity index (χ4v) is 4.58. The van der Waals surface area contributed by atoms with Crippen LogP contribution in [0.15, 0.2) is 36.7 Å². The van der Waals surface area contributed by atoms with Gasteiger partial charge < -0.3 is 15.1 Å². The first kappa shape index (κ1) is 19.4. The van der Waals surface area contributed by atoms with Gasteiger partial charge in [0.2, 0.25) is 0 Å². The van der Waals surface area contributed by atoms with Crippen LogP contribution in [0.5, 0.6) is 0 Å². The van der Waals surface area contributed by atoms with Crippen molar-refractivity contribution in [2.45, 2.75) is 39.5 Å². The maximum atomic E-state index is 12.7. The van der Waals surface area contributed by atoms with E-state index in [9.17, 15) is 4.79 Å². The molecule has 0 bridgehead atoms. The second-order valence-corrected chi connectivity index (χ2v) is 13.3. The standard InChI is InChI=1S/C20H29N5OSi/c1-15-14-24(19-16(2)21-10-11-22-19)12-13-25(15)20(26)23-17-6-8-18(9-7-17)27(3,4)5/h6-11,15H,12-14H2,1-5H3,(H,23,26)/t15-/m1/s1. The predicted molar refractivity (Wildman–Crippen MR) is 114 cm³/mol. The minimum atomic E-state index is -1.32. The Balaban J connectivity index is 1.62. The number of nitrogens with zero attached hydrogens (tertiary/aromatic N) is 4. The van der Waals surface area contributed by atoms with Crippen LogP contribution in [0.1, 0.15) is 12.6 Å². The molecule has 1 aromatic carbocycles. The van der Waals surface area contributed by atoms with Gasteiger partial charge in [0.1, 0.15) is 5.82 Å². The molecule has 2 amide bonds. The van der Waals surface area contributed by atoms with Gasteiger partial charge in [0.05, 0.1) is 13.8 Å². The van der Waals surface area contributed by atoms with E-state index < -0.39 is 8.07 Å². The van der Waals surface area contributed by atoms with E-state index in [-0.39, 0.29) is 12.1 Å². The van der Waals surface area contributed by atoms with Crippen LogP contribution in [0.25, 0.3) is 0 Å². The number of hydrogen-bond acceptors (Lipinski definition) is 4. The third kappa shape index (κ3) is 4.47. The molecule has 1 atom stereocenters. The molecule has 3 rings (SSSR count). The van der Waals surface area contributed by atoms with Crippen LogP contribution < -0.4 is 15.4 Å². The van der Waals surface area contributed by atoms with E-state index in [1.807, 2.05) is 24.0 Å². The van der Waals surface area contributed by atoms with Gasteiger partial charge >= 0.3 is 6.03 Å². The Bertz CT molecular complexity index is 803. The zero-order valence-electron chi connectivity index (χ0n) is 16.9. The van der Waals surface area contributed by atoms with Crippen molar-refractivity contribution in [1.82, 2.24) is 14.9 Å². The lowest BCUT2D eigenvalue weighted by molar-refractivity contribution is 0.184. The van der Waals surface area contributed by atoms with Crippen molar-refractivity contribution in [3.63, 3.8) is 0 Å². The summed E-state index contributed by atoms with van der Waals surface area (Å²) in [6, 6.07) is 8.35. The van der Waals surface area contributed by atoms with Crippen LogP contribution >= 0.6 is 0 Å². The molecule has 27 heavy (non-hydrogen) atoms. The average molecular weight is 384 g/mol. The third-order valence-corrected chi connectivity index (χ3v) is 7.11. The Labute approximate surface area is 162 Å². The molecule has 0 saturated carbocycles. The molecule has 0 aliphatic carbocycles. The summed E-state index contributed by atoms with van der Waals surface area (Å²) >= 11 is 0. The minimum absolute atomic E-state index is 0.0428. The number of rotatable bonds is 3.